The van der Waals surface area contributed by atoms with E-state index in [0.717, 1.165) is 33.8 Å². The number of aryl methyl sites for hydroxylation is 1. The molecular weight excluding hydrogens is 1020 g/mol. The number of halogens is 4. The summed E-state index contributed by atoms with van der Waals surface area (Å²) in [6.45, 7) is 11.1. The third-order valence-corrected chi connectivity index (χ3v) is 15.7. The van der Waals surface area contributed by atoms with Crippen LogP contribution in [0, 0.1) is 41.3 Å². The number of β-amino-alcohol motifs (C(OH)–C–C–N with tert-alkyl or cyclic N) is 1. The van der Waals surface area contributed by atoms with Crippen LogP contribution in [0.3, 0.4) is 0 Å². The molecule has 76 heavy (non-hydrogen) atoms. The number of benzene rings is 3. The highest BCUT2D eigenvalue weighted by Crippen LogP contribution is 2.42. The number of carbonyl (C=O) groups is 5. The van der Waals surface area contributed by atoms with Crippen LogP contribution in [0.4, 0.5) is 28.9 Å². The number of thiocarbonyl (C=S) groups is 1. The van der Waals surface area contributed by atoms with Gasteiger partial charge < -0.3 is 30.9 Å². The molecule has 0 bridgehead atoms. The Hall–Kier alpha value is -7.15. The van der Waals surface area contributed by atoms with Crippen molar-refractivity contribution < 1.29 is 46.6 Å². The van der Waals surface area contributed by atoms with Crippen LogP contribution in [0.5, 0.6) is 0 Å². The number of nitriles is 1. The molecule has 3 aliphatic rings. The molecule has 5 amide bonds. The lowest BCUT2D eigenvalue weighted by Gasteiger charge is -2.37. The molecule has 21 heteroatoms. The second-order valence-electron chi connectivity index (χ2n) is 21.0. The highest BCUT2D eigenvalue weighted by atomic mass is 32.1. The number of likely N-dealkylation sites (tertiary alicyclic amines) is 1. The van der Waals surface area contributed by atoms with Crippen LogP contribution < -0.4 is 25.8 Å². The molecule has 8 rings (SSSR count). The predicted octanol–water partition coefficient (Wildman–Crippen LogP) is 8.47. The summed E-state index contributed by atoms with van der Waals surface area (Å²) >= 11 is 7.10. The maximum absolute atomic E-state index is 15.5. The highest BCUT2D eigenvalue weighted by Gasteiger charge is 2.52. The normalized spacial score (nSPS) is 20.1. The molecule has 4 N–H and O–H groups in total. The standard InChI is InChI=1S/C55H57F4N9O6S2/c1-30-45(76-29-64-30)34-11-7-31(8-12-34)26-63-49(72)42-23-39(69)28-66(42)50(73)46(53(2,3)4)65-48(71)36-13-9-32(10-14-36)25-62-47(70)35-17-15-33(16-18-35)40-21-20-38(27-61-40)68-52(75)67(51(74)54(68,5)6)41-22-19-37(24-60)43(44(41)56)55(57,58)59/h7-8,11-12,15-22,27,29,32,36,39,42,46,69H,9-10,13-14,23,25-26,28H2,1-6H3,(H,62,70)(H,63,72)(H,65,71)/t32?,36?,39-,42+,46-/m1/s1. The monoisotopic (exact) mass is 1080 g/mol. The molecule has 15 nitrogen and oxygen atoms in total. The SMILES string of the molecule is Cc1ncsc1-c1ccc(CNC(=O)[C@@H]2C[C@@H](O)CN2C(=O)[C@@H](NC(=O)C2CCC(CNC(=O)c3ccc(-c4ccc(N5C(=S)N(c6ccc(C#N)c(C(F)(F)F)c6F)C(=O)C5(C)C)cn4)cc3)CC2)C(C)(C)C)cc1. The Kier molecular flexibility index (Phi) is 15.8. The highest BCUT2D eigenvalue weighted by molar-refractivity contribution is 7.81. The minimum atomic E-state index is -5.21. The molecule has 3 aromatic carbocycles. The lowest BCUT2D eigenvalue weighted by atomic mass is 9.80. The van der Waals surface area contributed by atoms with E-state index >= 15 is 4.39 Å². The first kappa shape index (κ1) is 55.1. The van der Waals surface area contributed by atoms with Gasteiger partial charge in [0, 0.05) is 43.1 Å². The van der Waals surface area contributed by atoms with Crippen molar-refractivity contribution in [2.24, 2.45) is 17.3 Å². The number of thiazole rings is 1. The Labute approximate surface area is 446 Å². The van der Waals surface area contributed by atoms with Gasteiger partial charge in [-0.05, 0) is 118 Å². The van der Waals surface area contributed by atoms with E-state index in [1.54, 1.807) is 53.2 Å². The summed E-state index contributed by atoms with van der Waals surface area (Å²) < 4.78 is 56.9. The largest absolute Gasteiger partial charge is 0.420 e. The van der Waals surface area contributed by atoms with Gasteiger partial charge in [-0.15, -0.1) is 11.3 Å². The van der Waals surface area contributed by atoms with Crippen molar-refractivity contribution in [1.29, 1.82) is 5.26 Å². The summed E-state index contributed by atoms with van der Waals surface area (Å²) in [5, 5.41) is 28.5. The van der Waals surface area contributed by atoms with E-state index < -0.39 is 69.8 Å². The smallest absolute Gasteiger partial charge is 0.391 e. The fourth-order valence-electron chi connectivity index (χ4n) is 10.0. The van der Waals surface area contributed by atoms with Crippen molar-refractivity contribution in [2.75, 3.05) is 22.9 Å². The van der Waals surface area contributed by atoms with Crippen molar-refractivity contribution in [3.63, 3.8) is 0 Å². The van der Waals surface area contributed by atoms with E-state index in [9.17, 15) is 47.5 Å². The average Bonchev–Trinajstić information content (AvgIpc) is 4.09. The molecule has 4 heterocycles. The number of aliphatic hydroxyl groups excluding tert-OH is 1. The zero-order valence-corrected chi connectivity index (χ0v) is 44.3. The Morgan fingerprint density at radius 1 is 0.921 bits per heavy atom. The lowest BCUT2D eigenvalue weighted by Crippen LogP contribution is -2.58. The first-order valence-corrected chi connectivity index (χ1v) is 26.1. The summed E-state index contributed by atoms with van der Waals surface area (Å²) in [6.07, 6.45) is -2.19. The molecule has 5 aromatic rings. The van der Waals surface area contributed by atoms with Crippen LogP contribution in [0.1, 0.15) is 99.5 Å². The Balaban J connectivity index is 0.817. The van der Waals surface area contributed by atoms with Crippen LogP contribution in [0.15, 0.2) is 84.5 Å². The molecule has 2 aromatic heterocycles. The number of hydrogen-bond acceptors (Lipinski definition) is 11. The van der Waals surface area contributed by atoms with Gasteiger partial charge in [0.1, 0.15) is 23.2 Å². The molecule has 0 radical (unpaired) electrons. The summed E-state index contributed by atoms with van der Waals surface area (Å²) in [5.74, 6) is -4.22. The number of nitrogens with one attached hydrogen (secondary N) is 3. The van der Waals surface area contributed by atoms with E-state index in [1.807, 2.05) is 52.0 Å². The molecule has 398 valence electrons. The van der Waals surface area contributed by atoms with E-state index in [-0.39, 0.29) is 54.2 Å². The molecule has 1 aliphatic carbocycles. The number of rotatable bonds is 13. The van der Waals surface area contributed by atoms with Gasteiger partial charge in [-0.1, -0.05) is 57.2 Å². The third-order valence-electron chi connectivity index (χ3n) is 14.3. The van der Waals surface area contributed by atoms with Gasteiger partial charge in [-0.3, -0.25) is 33.9 Å². The van der Waals surface area contributed by atoms with Crippen molar-refractivity contribution in [1.82, 2.24) is 30.8 Å². The van der Waals surface area contributed by atoms with Gasteiger partial charge in [-0.25, -0.2) is 9.37 Å². The first-order valence-electron chi connectivity index (χ1n) is 24.8. The Morgan fingerprint density at radius 3 is 2.18 bits per heavy atom. The number of pyridine rings is 1. The molecular formula is C55H57F4N9O6S2. The van der Waals surface area contributed by atoms with E-state index in [1.165, 1.54) is 35.9 Å². The zero-order chi connectivity index (χ0) is 55.0. The minimum absolute atomic E-state index is 0.0346. The average molecular weight is 1080 g/mol. The Morgan fingerprint density at radius 2 is 1.59 bits per heavy atom. The molecule has 1 saturated carbocycles. The summed E-state index contributed by atoms with van der Waals surface area (Å²) in [5.41, 5.74) is 0.843. The van der Waals surface area contributed by atoms with Crippen LogP contribution in [0.2, 0.25) is 0 Å². The number of nitrogens with zero attached hydrogens (tertiary/aromatic N) is 6. The number of carbonyl (C=O) groups excluding carboxylic acids is 5. The zero-order valence-electron chi connectivity index (χ0n) is 42.6. The van der Waals surface area contributed by atoms with Gasteiger partial charge in [0.05, 0.1) is 57.1 Å². The summed E-state index contributed by atoms with van der Waals surface area (Å²) in [6, 6.07) is 19.0. The number of amides is 5. The summed E-state index contributed by atoms with van der Waals surface area (Å²) in [4.78, 5) is 81.9. The van der Waals surface area contributed by atoms with Crippen LogP contribution >= 0.6 is 23.6 Å². The molecule has 2 aliphatic heterocycles. The second-order valence-corrected chi connectivity index (χ2v) is 22.3. The van der Waals surface area contributed by atoms with Crippen molar-refractivity contribution in [3.05, 3.63) is 118 Å². The third kappa shape index (κ3) is 11.3. The fourth-order valence-corrected chi connectivity index (χ4v) is 11.4. The van der Waals surface area contributed by atoms with Gasteiger partial charge >= 0.3 is 6.18 Å². The van der Waals surface area contributed by atoms with E-state index in [4.69, 9.17) is 12.2 Å². The molecule has 3 fully saturated rings. The van der Waals surface area contributed by atoms with Gasteiger partial charge in [-0.2, -0.15) is 18.4 Å². The number of hydrogen-bond donors (Lipinski definition) is 4. The quantitative estimate of drug-likeness (QED) is 0.0651. The molecule has 0 unspecified atom stereocenters. The fraction of sp³-hybridized carbons (Fsp3) is 0.400. The van der Waals surface area contributed by atoms with Crippen LogP contribution in [0.25, 0.3) is 21.7 Å². The molecule has 3 atom stereocenters. The van der Waals surface area contributed by atoms with E-state index in [2.05, 4.69) is 25.9 Å². The number of aliphatic hydroxyl groups is 1. The van der Waals surface area contributed by atoms with Crippen LogP contribution in [-0.2, 0) is 31.9 Å². The summed E-state index contributed by atoms with van der Waals surface area (Å²) in [7, 11) is 0. The van der Waals surface area contributed by atoms with E-state index in [0.29, 0.717) is 59.6 Å². The van der Waals surface area contributed by atoms with Crippen molar-refractivity contribution in [3.8, 4) is 27.8 Å². The number of anilines is 2. The second kappa shape index (κ2) is 21.8. The maximum Gasteiger partial charge on any atom is 0.420 e. The van der Waals surface area contributed by atoms with Gasteiger partial charge in [0.15, 0.2) is 10.9 Å². The molecule has 2 saturated heterocycles. The lowest BCUT2D eigenvalue weighted by molar-refractivity contribution is -0.144. The minimum Gasteiger partial charge on any atom is -0.391 e. The predicted molar refractivity (Wildman–Crippen MR) is 282 cm³/mol. The van der Waals surface area contributed by atoms with Crippen molar-refractivity contribution in [2.45, 2.75) is 110 Å². The molecule has 0 spiro atoms. The Bertz CT molecular complexity index is 3090. The van der Waals surface area contributed by atoms with Gasteiger partial charge in [0.25, 0.3) is 11.8 Å². The van der Waals surface area contributed by atoms with Crippen LogP contribution in [-0.4, -0.2) is 91.4 Å². The number of aromatic nitrogens is 2. The topological polar surface area (TPSA) is 201 Å². The number of alkyl halides is 3. The van der Waals surface area contributed by atoms with Crippen molar-refractivity contribution >= 4 is 69.6 Å². The first-order chi connectivity index (χ1) is 35.9. The maximum atomic E-state index is 15.5. The van der Waals surface area contributed by atoms with Gasteiger partial charge in [0.2, 0.25) is 17.7 Å².